The molecule has 0 amide bonds. The number of benzene rings is 1. The van der Waals surface area contributed by atoms with Crippen molar-refractivity contribution in [2.75, 3.05) is 5.32 Å². The lowest BCUT2D eigenvalue weighted by molar-refractivity contribution is 0.409. The SMILES string of the molecule is NC1CCCC(Nc2ccc(Cl)cc2I)C1. The maximum absolute atomic E-state index is 5.98. The van der Waals surface area contributed by atoms with Crippen LogP contribution >= 0.6 is 34.2 Å². The summed E-state index contributed by atoms with van der Waals surface area (Å²) in [6.45, 7) is 0. The molecule has 0 aliphatic heterocycles. The molecule has 3 N–H and O–H groups in total. The van der Waals surface area contributed by atoms with Gasteiger partial charge in [0.2, 0.25) is 0 Å². The zero-order chi connectivity index (χ0) is 11.5. The van der Waals surface area contributed by atoms with E-state index in [1.54, 1.807) is 0 Å². The number of hydrogen-bond acceptors (Lipinski definition) is 2. The average molecular weight is 351 g/mol. The molecule has 1 aliphatic rings. The van der Waals surface area contributed by atoms with E-state index in [0.29, 0.717) is 12.1 Å². The molecule has 0 saturated heterocycles. The van der Waals surface area contributed by atoms with Gasteiger partial charge >= 0.3 is 0 Å². The lowest BCUT2D eigenvalue weighted by atomic mass is 9.91. The lowest BCUT2D eigenvalue weighted by Crippen LogP contribution is -2.35. The lowest BCUT2D eigenvalue weighted by Gasteiger charge is -2.28. The Labute approximate surface area is 115 Å². The Hall–Kier alpha value is -0.000000000000000111. The van der Waals surface area contributed by atoms with Gasteiger partial charge in [0, 0.05) is 26.4 Å². The number of nitrogens with one attached hydrogen (secondary N) is 1. The van der Waals surface area contributed by atoms with E-state index in [4.69, 9.17) is 17.3 Å². The minimum atomic E-state index is 0.358. The highest BCUT2D eigenvalue weighted by Gasteiger charge is 2.19. The molecule has 1 aliphatic carbocycles. The second-order valence-electron chi connectivity index (χ2n) is 4.39. The predicted octanol–water partition coefficient (Wildman–Crippen LogP) is 3.63. The maximum atomic E-state index is 5.98. The van der Waals surface area contributed by atoms with Gasteiger partial charge in [-0.15, -0.1) is 0 Å². The predicted molar refractivity (Wildman–Crippen MR) is 78.0 cm³/mol. The largest absolute Gasteiger partial charge is 0.381 e. The molecular weight excluding hydrogens is 335 g/mol. The third-order valence-corrected chi connectivity index (χ3v) is 4.13. The van der Waals surface area contributed by atoms with Crippen LogP contribution in [0.3, 0.4) is 0 Å². The minimum Gasteiger partial charge on any atom is -0.381 e. The first kappa shape index (κ1) is 12.5. The van der Waals surface area contributed by atoms with Gasteiger partial charge in [0.25, 0.3) is 0 Å². The fourth-order valence-electron chi connectivity index (χ4n) is 2.19. The van der Waals surface area contributed by atoms with E-state index in [0.717, 1.165) is 17.9 Å². The van der Waals surface area contributed by atoms with Gasteiger partial charge in [0.05, 0.1) is 0 Å². The van der Waals surface area contributed by atoms with Crippen molar-refractivity contribution >= 4 is 39.9 Å². The summed E-state index contributed by atoms with van der Waals surface area (Å²) in [5.74, 6) is 0. The summed E-state index contributed by atoms with van der Waals surface area (Å²) in [6, 6.07) is 6.82. The molecule has 1 aromatic rings. The molecule has 0 spiro atoms. The molecule has 2 nitrogen and oxygen atoms in total. The number of rotatable bonds is 2. The second kappa shape index (κ2) is 5.56. The molecule has 0 aromatic heterocycles. The van der Waals surface area contributed by atoms with Crippen LogP contribution in [0.25, 0.3) is 0 Å². The van der Waals surface area contributed by atoms with Crippen LogP contribution in [0.5, 0.6) is 0 Å². The normalized spacial score (nSPS) is 25.4. The van der Waals surface area contributed by atoms with Gasteiger partial charge in [-0.3, -0.25) is 0 Å². The van der Waals surface area contributed by atoms with Crippen LogP contribution in [0.2, 0.25) is 5.02 Å². The Morgan fingerprint density at radius 3 is 2.88 bits per heavy atom. The molecule has 0 radical (unpaired) electrons. The van der Waals surface area contributed by atoms with Crippen LogP contribution in [0.15, 0.2) is 18.2 Å². The first-order chi connectivity index (χ1) is 7.65. The van der Waals surface area contributed by atoms with Crippen LogP contribution in [0, 0.1) is 3.57 Å². The number of nitrogens with two attached hydrogens (primary N) is 1. The van der Waals surface area contributed by atoms with Gasteiger partial charge in [-0.05, 0) is 66.5 Å². The van der Waals surface area contributed by atoms with Gasteiger partial charge in [-0.1, -0.05) is 11.6 Å². The number of hydrogen-bond donors (Lipinski definition) is 2. The Bertz CT molecular complexity index is 370. The zero-order valence-corrected chi connectivity index (χ0v) is 12.0. The zero-order valence-electron chi connectivity index (χ0n) is 9.05. The summed E-state index contributed by atoms with van der Waals surface area (Å²) in [6.07, 6.45) is 4.67. The van der Waals surface area contributed by atoms with E-state index in [1.807, 2.05) is 18.2 Å². The van der Waals surface area contributed by atoms with Gasteiger partial charge in [0.1, 0.15) is 0 Å². The molecule has 16 heavy (non-hydrogen) atoms. The molecule has 2 atom stereocenters. The molecule has 2 rings (SSSR count). The molecule has 4 heteroatoms. The van der Waals surface area contributed by atoms with Crippen molar-refractivity contribution in [3.8, 4) is 0 Å². The van der Waals surface area contributed by atoms with Crippen molar-refractivity contribution in [3.05, 3.63) is 26.8 Å². The van der Waals surface area contributed by atoms with Gasteiger partial charge < -0.3 is 11.1 Å². The highest BCUT2D eigenvalue weighted by Crippen LogP contribution is 2.26. The van der Waals surface area contributed by atoms with Crippen LogP contribution in [0.1, 0.15) is 25.7 Å². The standard InChI is InChI=1S/C12H16ClIN2/c13-8-4-5-12(11(14)6-8)16-10-3-1-2-9(15)7-10/h4-6,9-10,16H,1-3,7,15H2. The Morgan fingerprint density at radius 1 is 1.38 bits per heavy atom. The first-order valence-corrected chi connectivity index (χ1v) is 7.08. The Kier molecular flexibility index (Phi) is 4.33. The van der Waals surface area contributed by atoms with E-state index in [9.17, 15) is 0 Å². The fraction of sp³-hybridized carbons (Fsp3) is 0.500. The molecule has 2 unspecified atom stereocenters. The highest BCUT2D eigenvalue weighted by atomic mass is 127. The Morgan fingerprint density at radius 2 is 2.19 bits per heavy atom. The van der Waals surface area contributed by atoms with E-state index in [-0.39, 0.29) is 0 Å². The summed E-state index contributed by atoms with van der Waals surface area (Å²) in [4.78, 5) is 0. The first-order valence-electron chi connectivity index (χ1n) is 5.62. The summed E-state index contributed by atoms with van der Waals surface area (Å²) >= 11 is 8.24. The van der Waals surface area contributed by atoms with Crippen LogP contribution in [0.4, 0.5) is 5.69 Å². The minimum absolute atomic E-state index is 0.358. The van der Waals surface area contributed by atoms with Crippen molar-refractivity contribution < 1.29 is 0 Å². The molecule has 1 aromatic carbocycles. The van der Waals surface area contributed by atoms with Crippen molar-refractivity contribution in [1.29, 1.82) is 0 Å². The van der Waals surface area contributed by atoms with Crippen LogP contribution in [-0.4, -0.2) is 12.1 Å². The molecule has 1 saturated carbocycles. The molecule has 0 heterocycles. The highest BCUT2D eigenvalue weighted by molar-refractivity contribution is 14.1. The van der Waals surface area contributed by atoms with Crippen LogP contribution in [-0.2, 0) is 0 Å². The monoisotopic (exact) mass is 350 g/mol. The topological polar surface area (TPSA) is 38.0 Å². The second-order valence-corrected chi connectivity index (χ2v) is 5.99. The molecule has 0 bridgehead atoms. The Balaban J connectivity index is 2.02. The van der Waals surface area contributed by atoms with Crippen molar-refractivity contribution in [2.45, 2.75) is 37.8 Å². The number of halogens is 2. The third kappa shape index (κ3) is 3.25. The van der Waals surface area contributed by atoms with E-state index in [1.165, 1.54) is 22.1 Å². The summed E-state index contributed by atoms with van der Waals surface area (Å²) in [5.41, 5.74) is 7.15. The molecule has 1 fully saturated rings. The number of anilines is 1. The van der Waals surface area contributed by atoms with Gasteiger partial charge in [-0.25, -0.2) is 0 Å². The summed E-state index contributed by atoms with van der Waals surface area (Å²) < 4.78 is 1.17. The van der Waals surface area contributed by atoms with E-state index in [2.05, 4.69) is 27.9 Å². The van der Waals surface area contributed by atoms with E-state index >= 15 is 0 Å². The van der Waals surface area contributed by atoms with Crippen molar-refractivity contribution in [1.82, 2.24) is 0 Å². The van der Waals surface area contributed by atoms with E-state index < -0.39 is 0 Å². The fourth-order valence-corrected chi connectivity index (χ4v) is 3.21. The van der Waals surface area contributed by atoms with Crippen molar-refractivity contribution in [2.24, 2.45) is 5.73 Å². The van der Waals surface area contributed by atoms with Gasteiger partial charge in [-0.2, -0.15) is 0 Å². The molecule has 88 valence electrons. The van der Waals surface area contributed by atoms with Crippen LogP contribution < -0.4 is 11.1 Å². The third-order valence-electron chi connectivity index (χ3n) is 3.01. The summed E-state index contributed by atoms with van der Waals surface area (Å²) in [7, 11) is 0. The maximum Gasteiger partial charge on any atom is 0.0479 e. The summed E-state index contributed by atoms with van der Waals surface area (Å²) in [5, 5.41) is 4.35. The average Bonchev–Trinajstić information content (AvgIpc) is 2.22. The molecular formula is C12H16ClIN2. The quantitative estimate of drug-likeness (QED) is 0.799. The van der Waals surface area contributed by atoms with Gasteiger partial charge in [0.15, 0.2) is 0 Å². The van der Waals surface area contributed by atoms with Crippen molar-refractivity contribution in [3.63, 3.8) is 0 Å². The smallest absolute Gasteiger partial charge is 0.0479 e.